The molecule has 1 unspecified atom stereocenters. The maximum atomic E-state index is 10.0. The fourth-order valence-corrected chi connectivity index (χ4v) is 2.41. The highest BCUT2D eigenvalue weighted by Crippen LogP contribution is 2.38. The van der Waals surface area contributed by atoms with E-state index in [0.717, 1.165) is 5.56 Å². The predicted molar refractivity (Wildman–Crippen MR) is 74.4 cm³/mol. The summed E-state index contributed by atoms with van der Waals surface area (Å²) in [6.07, 6.45) is 16.6. The van der Waals surface area contributed by atoms with Crippen LogP contribution in [0, 0.1) is 0 Å². The Morgan fingerprint density at radius 1 is 0.889 bits per heavy atom. The molecule has 0 spiro atoms. The number of para-hydroxylation sites is 1. The molecule has 1 heteroatoms. The van der Waals surface area contributed by atoms with E-state index in [9.17, 15) is 5.11 Å². The minimum absolute atomic E-state index is 0.124. The van der Waals surface area contributed by atoms with Gasteiger partial charge in [-0.2, -0.15) is 0 Å². The second-order valence-corrected chi connectivity index (χ2v) is 4.41. The smallest absolute Gasteiger partial charge is 0.119 e. The number of aromatic hydroxyl groups is 1. The number of fused-ring (bicyclic) bond motifs is 1. The van der Waals surface area contributed by atoms with Crippen molar-refractivity contribution in [1.82, 2.24) is 0 Å². The summed E-state index contributed by atoms with van der Waals surface area (Å²) in [5, 5.41) is 10.0. The van der Waals surface area contributed by atoms with Crippen molar-refractivity contribution in [2.75, 3.05) is 0 Å². The molecule has 0 radical (unpaired) electrons. The second kappa shape index (κ2) is 4.53. The van der Waals surface area contributed by atoms with Gasteiger partial charge in [0.15, 0.2) is 0 Å². The molecule has 3 rings (SSSR count). The summed E-state index contributed by atoms with van der Waals surface area (Å²) >= 11 is 0. The van der Waals surface area contributed by atoms with Gasteiger partial charge in [0.2, 0.25) is 0 Å². The van der Waals surface area contributed by atoms with Crippen LogP contribution in [0.5, 0.6) is 5.75 Å². The minimum Gasteiger partial charge on any atom is -0.508 e. The van der Waals surface area contributed by atoms with Gasteiger partial charge in [-0.25, -0.2) is 0 Å². The highest BCUT2D eigenvalue weighted by atomic mass is 16.3. The lowest BCUT2D eigenvalue weighted by molar-refractivity contribution is 0.467. The summed E-state index contributed by atoms with van der Waals surface area (Å²) < 4.78 is 0. The lowest BCUT2D eigenvalue weighted by Gasteiger charge is -2.22. The van der Waals surface area contributed by atoms with E-state index in [2.05, 4.69) is 30.4 Å². The minimum atomic E-state index is 0.124. The first-order chi connectivity index (χ1) is 8.86. The number of hydrogen-bond donors (Lipinski definition) is 1. The maximum absolute atomic E-state index is 10.0. The first-order valence-electron chi connectivity index (χ1n) is 6.08. The lowest BCUT2D eigenvalue weighted by atomic mass is 9.82. The zero-order valence-corrected chi connectivity index (χ0v) is 9.95. The Hall–Kier alpha value is -2.28. The Labute approximate surface area is 107 Å². The molecule has 2 aliphatic rings. The van der Waals surface area contributed by atoms with Crippen molar-refractivity contribution in [3.05, 3.63) is 89.6 Å². The van der Waals surface area contributed by atoms with Gasteiger partial charge in [0.1, 0.15) is 5.75 Å². The van der Waals surface area contributed by atoms with Crippen LogP contribution in [0.25, 0.3) is 0 Å². The number of allylic oxidation sites excluding steroid dienone is 10. The van der Waals surface area contributed by atoms with Crippen LogP contribution in [0.2, 0.25) is 0 Å². The van der Waals surface area contributed by atoms with E-state index in [1.54, 1.807) is 6.07 Å². The molecule has 0 bridgehead atoms. The quantitative estimate of drug-likeness (QED) is 0.778. The zero-order chi connectivity index (χ0) is 12.4. The Bertz CT molecular complexity index is 612. The molecule has 1 aromatic rings. The molecule has 0 fully saturated rings. The van der Waals surface area contributed by atoms with Gasteiger partial charge in [-0.15, -0.1) is 0 Å². The third-order valence-electron chi connectivity index (χ3n) is 3.29. The van der Waals surface area contributed by atoms with E-state index in [4.69, 9.17) is 0 Å². The molecule has 1 atom stereocenters. The molecular formula is C17H14O. The Kier molecular flexibility index (Phi) is 2.73. The molecule has 88 valence electrons. The molecule has 0 aliphatic heterocycles. The van der Waals surface area contributed by atoms with Crippen molar-refractivity contribution in [2.24, 2.45) is 0 Å². The normalized spacial score (nSPS) is 21.0. The lowest BCUT2D eigenvalue weighted by Crippen LogP contribution is -2.04. The van der Waals surface area contributed by atoms with Crippen LogP contribution in [0.4, 0.5) is 0 Å². The molecule has 1 aromatic carbocycles. The molecule has 2 aliphatic carbocycles. The number of phenolic OH excluding ortho intramolecular Hbond substituents is 1. The molecular weight excluding hydrogens is 220 g/mol. The topological polar surface area (TPSA) is 20.2 Å². The molecule has 1 N–H and O–H groups in total. The molecule has 0 aromatic heterocycles. The van der Waals surface area contributed by atoms with Gasteiger partial charge in [0.25, 0.3) is 0 Å². The Balaban J connectivity index is 2.09. The van der Waals surface area contributed by atoms with Crippen molar-refractivity contribution in [1.29, 1.82) is 0 Å². The van der Waals surface area contributed by atoms with Crippen LogP contribution in [-0.4, -0.2) is 5.11 Å². The predicted octanol–water partition coefficient (Wildman–Crippen LogP) is 4.02. The van der Waals surface area contributed by atoms with Crippen molar-refractivity contribution < 1.29 is 5.11 Å². The van der Waals surface area contributed by atoms with Crippen molar-refractivity contribution in [3.63, 3.8) is 0 Å². The van der Waals surface area contributed by atoms with Crippen LogP contribution in [0.3, 0.4) is 0 Å². The van der Waals surface area contributed by atoms with E-state index >= 15 is 0 Å². The Morgan fingerprint density at radius 2 is 1.78 bits per heavy atom. The summed E-state index contributed by atoms with van der Waals surface area (Å²) in [4.78, 5) is 0. The number of rotatable bonds is 1. The van der Waals surface area contributed by atoms with Gasteiger partial charge in [0, 0.05) is 11.5 Å². The third kappa shape index (κ3) is 1.84. The maximum Gasteiger partial charge on any atom is 0.119 e. The monoisotopic (exact) mass is 234 g/mol. The highest BCUT2D eigenvalue weighted by Gasteiger charge is 2.20. The number of benzene rings is 1. The van der Waals surface area contributed by atoms with Crippen molar-refractivity contribution in [3.8, 4) is 5.75 Å². The van der Waals surface area contributed by atoms with Crippen LogP contribution >= 0.6 is 0 Å². The SMILES string of the molecule is Oc1ccccc1C1C=CC=C2C=CC=CC=C21. The van der Waals surface area contributed by atoms with Crippen LogP contribution < -0.4 is 0 Å². The van der Waals surface area contributed by atoms with E-state index in [-0.39, 0.29) is 5.92 Å². The summed E-state index contributed by atoms with van der Waals surface area (Å²) in [7, 11) is 0. The Morgan fingerprint density at radius 3 is 2.67 bits per heavy atom. The molecule has 0 saturated heterocycles. The molecule has 18 heavy (non-hydrogen) atoms. The second-order valence-electron chi connectivity index (χ2n) is 4.41. The molecule has 1 nitrogen and oxygen atoms in total. The third-order valence-corrected chi connectivity index (χ3v) is 3.29. The summed E-state index contributed by atoms with van der Waals surface area (Å²) in [6, 6.07) is 7.53. The van der Waals surface area contributed by atoms with E-state index in [1.807, 2.05) is 36.4 Å². The number of hydrogen-bond acceptors (Lipinski definition) is 1. The van der Waals surface area contributed by atoms with Gasteiger partial charge < -0.3 is 5.11 Å². The summed E-state index contributed by atoms with van der Waals surface area (Å²) in [5.74, 6) is 0.477. The van der Waals surface area contributed by atoms with Gasteiger partial charge >= 0.3 is 0 Å². The van der Waals surface area contributed by atoms with Crippen LogP contribution in [0.1, 0.15) is 11.5 Å². The first-order valence-corrected chi connectivity index (χ1v) is 6.08. The van der Waals surface area contributed by atoms with E-state index < -0.39 is 0 Å². The average Bonchev–Trinajstić information content (AvgIpc) is 2.64. The standard InChI is InChI=1S/C17H14O/c18-17-12-5-4-10-16(17)15-11-6-8-13-7-2-1-3-9-14(13)15/h1-12,15,18H. The van der Waals surface area contributed by atoms with Crippen molar-refractivity contribution >= 4 is 0 Å². The first kappa shape index (κ1) is 10.8. The summed E-state index contributed by atoms with van der Waals surface area (Å²) in [5.41, 5.74) is 3.38. The fraction of sp³-hybridized carbons (Fsp3) is 0.0588. The van der Waals surface area contributed by atoms with Crippen LogP contribution in [0.15, 0.2) is 84.0 Å². The largest absolute Gasteiger partial charge is 0.508 e. The average molecular weight is 234 g/mol. The number of phenols is 1. The molecule has 0 amide bonds. The van der Waals surface area contributed by atoms with Gasteiger partial charge in [-0.05, 0) is 17.2 Å². The highest BCUT2D eigenvalue weighted by molar-refractivity contribution is 5.58. The van der Waals surface area contributed by atoms with E-state index in [0.29, 0.717) is 5.75 Å². The van der Waals surface area contributed by atoms with Gasteiger partial charge in [-0.1, -0.05) is 66.8 Å². The zero-order valence-electron chi connectivity index (χ0n) is 9.95. The van der Waals surface area contributed by atoms with Crippen LogP contribution in [-0.2, 0) is 0 Å². The molecule has 0 heterocycles. The van der Waals surface area contributed by atoms with E-state index in [1.165, 1.54) is 11.1 Å². The summed E-state index contributed by atoms with van der Waals surface area (Å²) in [6.45, 7) is 0. The van der Waals surface area contributed by atoms with Gasteiger partial charge in [0.05, 0.1) is 0 Å². The molecule has 0 saturated carbocycles. The van der Waals surface area contributed by atoms with Crippen molar-refractivity contribution in [2.45, 2.75) is 5.92 Å². The van der Waals surface area contributed by atoms with Gasteiger partial charge in [-0.3, -0.25) is 0 Å². The fourth-order valence-electron chi connectivity index (χ4n) is 2.41.